The lowest BCUT2D eigenvalue weighted by Gasteiger charge is -2.42. The molecule has 2 N–H and O–H groups in total. The number of carbonyl (C=O) groups is 2. The van der Waals surface area contributed by atoms with Crippen LogP contribution in [0.5, 0.6) is 0 Å². The van der Waals surface area contributed by atoms with Crippen LogP contribution in [0.3, 0.4) is 0 Å². The van der Waals surface area contributed by atoms with Crippen LogP contribution in [0.15, 0.2) is 97.1 Å². The summed E-state index contributed by atoms with van der Waals surface area (Å²) < 4.78 is 13.1. The number of fused-ring (bicyclic) bond motifs is 1. The fourth-order valence-corrected chi connectivity index (χ4v) is 6.81. The lowest BCUT2D eigenvalue weighted by Crippen LogP contribution is -2.46. The van der Waals surface area contributed by atoms with E-state index in [0.29, 0.717) is 47.6 Å². The second-order valence-electron chi connectivity index (χ2n) is 12.3. The Balaban J connectivity index is 1.08. The van der Waals surface area contributed by atoms with E-state index >= 15 is 0 Å². The molecule has 4 aromatic carbocycles. The summed E-state index contributed by atoms with van der Waals surface area (Å²) in [5.74, 6) is -0.677. The predicted octanol–water partition coefficient (Wildman–Crippen LogP) is 6.16. The van der Waals surface area contributed by atoms with Crippen LogP contribution in [0.1, 0.15) is 74.6 Å². The van der Waals surface area contributed by atoms with E-state index in [4.69, 9.17) is 21.1 Å². The Kier molecular flexibility index (Phi) is 8.50. The molecule has 0 unspecified atom stereocenters. The Morgan fingerprint density at radius 2 is 1.39 bits per heavy atom. The average Bonchev–Trinajstić information content (AvgIpc) is 3.35. The maximum atomic E-state index is 13.0. The van der Waals surface area contributed by atoms with Crippen molar-refractivity contribution < 1.29 is 29.3 Å². The van der Waals surface area contributed by atoms with Gasteiger partial charge in [0.15, 0.2) is 6.29 Å². The van der Waals surface area contributed by atoms with Crippen LogP contribution >= 0.6 is 11.6 Å². The summed E-state index contributed by atoms with van der Waals surface area (Å²) in [6.07, 6.45) is 0.773. The number of carbonyl (C=O) groups excluding carboxylic acids is 2. The molecule has 7 rings (SSSR count). The topological polar surface area (TPSA) is 99.5 Å². The van der Waals surface area contributed by atoms with Gasteiger partial charge >= 0.3 is 0 Å². The van der Waals surface area contributed by atoms with Crippen LogP contribution in [0.4, 0.5) is 5.69 Å². The van der Waals surface area contributed by atoms with Gasteiger partial charge in [-0.25, -0.2) is 4.90 Å². The molecule has 3 atom stereocenters. The fourth-order valence-electron chi connectivity index (χ4n) is 6.68. The minimum absolute atomic E-state index is 0.0308. The molecule has 9 heteroatoms. The molecule has 46 heavy (non-hydrogen) atoms. The Bertz CT molecular complexity index is 1680. The first kappa shape index (κ1) is 30.7. The molecule has 0 bridgehead atoms. The van der Waals surface area contributed by atoms with Gasteiger partial charge in [0.05, 0.1) is 41.2 Å². The lowest BCUT2D eigenvalue weighted by molar-refractivity contribution is -0.253. The number of imide groups is 1. The number of anilines is 1. The van der Waals surface area contributed by atoms with Gasteiger partial charge in [-0.1, -0.05) is 72.3 Å². The fraction of sp³-hybridized carbons (Fsp3) is 0.297. The number of aliphatic hydroxyl groups excluding tert-OH is 1. The summed E-state index contributed by atoms with van der Waals surface area (Å²) in [7, 11) is 0. The van der Waals surface area contributed by atoms with Gasteiger partial charge in [0.2, 0.25) is 0 Å². The summed E-state index contributed by atoms with van der Waals surface area (Å²) in [5.41, 5.74) is 3.88. The molecule has 3 heterocycles. The van der Waals surface area contributed by atoms with Crippen molar-refractivity contribution in [1.29, 1.82) is 0 Å². The van der Waals surface area contributed by atoms with Gasteiger partial charge in [0, 0.05) is 36.6 Å². The molecule has 8 nitrogen and oxygen atoms in total. The van der Waals surface area contributed by atoms with Gasteiger partial charge in [-0.2, -0.15) is 0 Å². The van der Waals surface area contributed by atoms with Gasteiger partial charge in [0.25, 0.3) is 11.8 Å². The maximum Gasteiger partial charge on any atom is 0.266 e. The number of piperidine rings is 1. The third-order valence-electron chi connectivity index (χ3n) is 9.36. The Hall–Kier alpha value is -3.89. The molecule has 236 valence electrons. The highest BCUT2D eigenvalue weighted by molar-refractivity contribution is 6.34. The number of aliphatic hydroxyl groups is 2. The number of hydrogen-bond donors (Lipinski definition) is 2. The average molecular weight is 639 g/mol. The second-order valence-corrected chi connectivity index (χ2v) is 12.7. The van der Waals surface area contributed by atoms with Crippen LogP contribution in [0, 0.1) is 0 Å². The van der Waals surface area contributed by atoms with E-state index in [0.717, 1.165) is 35.3 Å². The Labute approximate surface area is 272 Å². The molecule has 2 saturated heterocycles. The van der Waals surface area contributed by atoms with Crippen LogP contribution in [0.25, 0.3) is 0 Å². The van der Waals surface area contributed by atoms with Crippen LogP contribution in [-0.2, 0) is 21.7 Å². The van der Waals surface area contributed by atoms with Crippen molar-refractivity contribution in [3.05, 3.63) is 135 Å². The molecule has 2 amide bonds. The number of likely N-dealkylation sites (tertiary alicyclic amines) is 1. The monoisotopic (exact) mass is 638 g/mol. The summed E-state index contributed by atoms with van der Waals surface area (Å²) in [6, 6.07) is 29.2. The number of ether oxygens (including phenoxy) is 2. The molecule has 3 aliphatic heterocycles. The number of nitrogens with zero attached hydrogens (tertiary/aromatic N) is 2. The first-order valence-corrected chi connectivity index (χ1v) is 16.0. The normalized spacial score (nSPS) is 23.0. The first-order valence-electron chi connectivity index (χ1n) is 15.6. The van der Waals surface area contributed by atoms with Crippen LogP contribution in [0.2, 0.25) is 5.02 Å². The minimum atomic E-state index is -0.891. The van der Waals surface area contributed by atoms with Gasteiger partial charge in [-0.05, 0) is 65.9 Å². The molecule has 2 fully saturated rings. The minimum Gasteiger partial charge on any atom is -0.392 e. The SMILES string of the molecule is O=C1c2ccccc2C(=O)N1c1ccc([C@@H]2O[C@H](CN3CCC(O)(c4ccc(Cl)cc4)CC3)C[C@H](c3ccc(CO)cc3)O2)cc1. The second kappa shape index (κ2) is 12.7. The van der Waals surface area contributed by atoms with E-state index in [1.807, 2.05) is 60.7 Å². The molecular weight excluding hydrogens is 604 g/mol. The van der Waals surface area contributed by atoms with Crippen molar-refractivity contribution in [3.63, 3.8) is 0 Å². The first-order chi connectivity index (χ1) is 22.3. The van der Waals surface area contributed by atoms with Gasteiger partial charge in [0.1, 0.15) is 0 Å². The lowest BCUT2D eigenvalue weighted by atomic mass is 9.84. The third kappa shape index (κ3) is 6.00. The smallest absolute Gasteiger partial charge is 0.266 e. The highest BCUT2D eigenvalue weighted by atomic mass is 35.5. The molecule has 0 spiro atoms. The zero-order valence-electron chi connectivity index (χ0n) is 25.2. The van der Waals surface area contributed by atoms with E-state index in [1.165, 1.54) is 4.90 Å². The van der Waals surface area contributed by atoms with E-state index in [-0.39, 0.29) is 30.6 Å². The van der Waals surface area contributed by atoms with Gasteiger partial charge < -0.3 is 24.6 Å². The van der Waals surface area contributed by atoms with Crippen molar-refractivity contribution in [2.45, 2.75) is 50.0 Å². The number of hydrogen-bond acceptors (Lipinski definition) is 7. The molecular formula is C37H35ClN2O6. The number of benzene rings is 4. The summed E-state index contributed by atoms with van der Waals surface area (Å²) in [6.45, 7) is 2.08. The predicted molar refractivity (Wildman–Crippen MR) is 173 cm³/mol. The van der Waals surface area contributed by atoms with Crippen LogP contribution in [-0.4, -0.2) is 52.7 Å². The zero-order chi connectivity index (χ0) is 31.8. The number of rotatable bonds is 7. The highest BCUT2D eigenvalue weighted by Crippen LogP contribution is 2.40. The standard InChI is InChI=1S/C37H35ClN2O6/c38-28-13-11-27(12-14-28)37(44)17-19-39(20-18-37)22-30-21-33(25-7-5-24(23-41)6-8-25)46-36(45-30)26-9-15-29(16-10-26)40-34(42)31-3-1-2-4-32(31)35(40)43/h1-16,30,33,36,41,44H,17-23H2/t30-,33+,36+/m0/s1. The van der Waals surface area contributed by atoms with E-state index < -0.39 is 11.9 Å². The molecule has 0 aromatic heterocycles. The van der Waals surface area contributed by atoms with Crippen molar-refractivity contribution >= 4 is 29.1 Å². The van der Waals surface area contributed by atoms with Crippen LogP contribution < -0.4 is 4.90 Å². The Morgan fingerprint density at radius 3 is 2.00 bits per heavy atom. The summed E-state index contributed by atoms with van der Waals surface area (Å²) in [5, 5.41) is 21.6. The van der Waals surface area contributed by atoms with E-state index in [2.05, 4.69) is 4.90 Å². The van der Waals surface area contributed by atoms with Crippen molar-refractivity contribution in [3.8, 4) is 0 Å². The molecule has 0 saturated carbocycles. The van der Waals surface area contributed by atoms with Crippen molar-refractivity contribution in [2.75, 3.05) is 24.5 Å². The van der Waals surface area contributed by atoms with E-state index in [9.17, 15) is 19.8 Å². The van der Waals surface area contributed by atoms with Crippen molar-refractivity contribution in [2.24, 2.45) is 0 Å². The maximum absolute atomic E-state index is 13.0. The molecule has 3 aliphatic rings. The Morgan fingerprint density at radius 1 is 0.783 bits per heavy atom. The number of amides is 2. The van der Waals surface area contributed by atoms with Crippen molar-refractivity contribution in [1.82, 2.24) is 4.90 Å². The molecule has 0 aliphatic carbocycles. The van der Waals surface area contributed by atoms with Gasteiger partial charge in [-0.3, -0.25) is 9.59 Å². The summed E-state index contributed by atoms with van der Waals surface area (Å²) in [4.78, 5) is 29.6. The zero-order valence-corrected chi connectivity index (χ0v) is 26.0. The highest BCUT2D eigenvalue weighted by Gasteiger charge is 2.39. The van der Waals surface area contributed by atoms with E-state index in [1.54, 1.807) is 36.4 Å². The third-order valence-corrected chi connectivity index (χ3v) is 9.61. The largest absolute Gasteiger partial charge is 0.392 e. The van der Waals surface area contributed by atoms with Gasteiger partial charge in [-0.15, -0.1) is 0 Å². The molecule has 0 radical (unpaired) electrons. The number of halogens is 1. The quantitative estimate of drug-likeness (QED) is 0.234. The summed E-state index contributed by atoms with van der Waals surface area (Å²) >= 11 is 6.07. The molecule has 4 aromatic rings.